The monoisotopic (exact) mass is 280 g/mol. The second kappa shape index (κ2) is 4.72. The third kappa shape index (κ3) is 2.09. The van der Waals surface area contributed by atoms with E-state index in [1.54, 1.807) is 0 Å². The predicted octanol–water partition coefficient (Wildman–Crippen LogP) is 3.76. The van der Waals surface area contributed by atoms with E-state index >= 15 is 0 Å². The minimum absolute atomic E-state index is 0.212. The molecule has 1 saturated heterocycles. The maximum absolute atomic E-state index is 11.4. The van der Waals surface area contributed by atoms with Crippen LogP contribution in [0, 0.1) is 28.6 Å². The second-order valence-corrected chi connectivity index (χ2v) is 8.07. The molecule has 0 amide bonds. The van der Waals surface area contributed by atoms with Gasteiger partial charge in [-0.05, 0) is 48.3 Å². The van der Waals surface area contributed by atoms with Gasteiger partial charge >= 0.3 is 5.97 Å². The smallest absolute Gasteiger partial charge is 0.304 e. The topological polar surface area (TPSA) is 35.5 Å². The van der Waals surface area contributed by atoms with Gasteiger partial charge in [-0.2, -0.15) is 0 Å². The second-order valence-electron chi connectivity index (χ2n) is 8.07. The summed E-state index contributed by atoms with van der Waals surface area (Å²) >= 11 is 0. The predicted molar refractivity (Wildman–Crippen MR) is 76.9 cm³/mol. The Kier molecular flexibility index (Phi) is 3.39. The molecule has 1 heterocycles. The van der Waals surface area contributed by atoms with Crippen LogP contribution in [0.25, 0.3) is 0 Å². The first-order valence-corrected chi connectivity index (χ1v) is 8.13. The van der Waals surface area contributed by atoms with Crippen molar-refractivity contribution in [2.24, 2.45) is 28.6 Å². The summed E-state index contributed by atoms with van der Waals surface area (Å²) in [6, 6.07) is 0. The molecule has 20 heavy (non-hydrogen) atoms. The van der Waals surface area contributed by atoms with Crippen LogP contribution in [-0.2, 0) is 14.3 Å². The van der Waals surface area contributed by atoms with Crippen molar-refractivity contribution in [2.45, 2.75) is 66.1 Å². The van der Waals surface area contributed by atoms with Gasteiger partial charge in [0.25, 0.3) is 0 Å². The van der Waals surface area contributed by atoms with Gasteiger partial charge in [-0.3, -0.25) is 4.79 Å². The maximum Gasteiger partial charge on any atom is 0.304 e. The molecule has 2 aliphatic carbocycles. The molecule has 3 nitrogen and oxygen atoms in total. The molecule has 0 radical (unpaired) electrons. The number of hydrogen-bond donors (Lipinski definition) is 0. The molecule has 3 rings (SSSR count). The highest BCUT2D eigenvalue weighted by molar-refractivity contribution is 5.66. The van der Waals surface area contributed by atoms with Crippen LogP contribution in [0.2, 0.25) is 0 Å². The maximum atomic E-state index is 11.4. The van der Waals surface area contributed by atoms with Crippen molar-refractivity contribution < 1.29 is 14.3 Å². The first kappa shape index (κ1) is 14.4. The van der Waals surface area contributed by atoms with E-state index in [9.17, 15) is 4.79 Å². The van der Waals surface area contributed by atoms with Gasteiger partial charge in [0, 0.05) is 12.8 Å². The largest absolute Gasteiger partial charge is 0.436 e. The van der Waals surface area contributed by atoms with Crippen LogP contribution in [0.4, 0.5) is 0 Å². The van der Waals surface area contributed by atoms with Crippen LogP contribution in [0.3, 0.4) is 0 Å². The Morgan fingerprint density at radius 2 is 1.95 bits per heavy atom. The Bertz CT molecular complexity index is 403. The lowest BCUT2D eigenvalue weighted by atomic mass is 9.47. The molecule has 114 valence electrons. The summed E-state index contributed by atoms with van der Waals surface area (Å²) in [7, 11) is 0. The van der Waals surface area contributed by atoms with Gasteiger partial charge in [-0.1, -0.05) is 27.2 Å². The Morgan fingerprint density at radius 3 is 2.65 bits per heavy atom. The summed E-state index contributed by atoms with van der Waals surface area (Å²) in [6.45, 7) is 9.54. The summed E-state index contributed by atoms with van der Waals surface area (Å²) in [4.78, 5) is 11.4. The number of carbonyl (C=O) groups is 1. The first-order chi connectivity index (χ1) is 9.34. The lowest BCUT2D eigenvalue weighted by molar-refractivity contribution is -0.193. The number of carbonyl (C=O) groups excluding carboxylic acids is 1. The number of fused-ring (bicyclic) bond motifs is 3. The van der Waals surface area contributed by atoms with E-state index < -0.39 is 0 Å². The van der Waals surface area contributed by atoms with E-state index in [1.165, 1.54) is 39.0 Å². The molecule has 0 aromatic rings. The van der Waals surface area contributed by atoms with E-state index in [4.69, 9.17) is 9.47 Å². The van der Waals surface area contributed by atoms with Gasteiger partial charge in [0.1, 0.15) is 0 Å². The van der Waals surface area contributed by atoms with Gasteiger partial charge in [0.05, 0.1) is 6.61 Å². The van der Waals surface area contributed by atoms with E-state index in [0.29, 0.717) is 17.3 Å². The fourth-order valence-electron chi connectivity index (χ4n) is 5.70. The molecule has 0 spiro atoms. The van der Waals surface area contributed by atoms with Crippen LogP contribution in [-0.4, -0.2) is 18.9 Å². The number of hydrogen-bond acceptors (Lipinski definition) is 3. The van der Waals surface area contributed by atoms with Gasteiger partial charge in [-0.15, -0.1) is 0 Å². The third-order valence-corrected chi connectivity index (χ3v) is 6.42. The molecule has 2 saturated carbocycles. The Balaban J connectivity index is 1.91. The summed E-state index contributed by atoms with van der Waals surface area (Å²) in [5, 5.41) is 0. The molecule has 0 bridgehead atoms. The van der Waals surface area contributed by atoms with Crippen molar-refractivity contribution in [1.82, 2.24) is 0 Å². The third-order valence-electron chi connectivity index (χ3n) is 6.42. The average molecular weight is 280 g/mol. The van der Waals surface area contributed by atoms with E-state index in [1.807, 2.05) is 0 Å². The minimum Gasteiger partial charge on any atom is -0.436 e. The molecule has 0 aromatic heterocycles. The Morgan fingerprint density at radius 1 is 1.20 bits per heavy atom. The van der Waals surface area contributed by atoms with Crippen molar-refractivity contribution in [2.75, 3.05) is 6.61 Å². The fourth-order valence-corrected chi connectivity index (χ4v) is 5.70. The minimum atomic E-state index is -0.306. The highest BCUT2D eigenvalue weighted by Crippen LogP contribution is 2.63. The average Bonchev–Trinajstić information content (AvgIpc) is 2.71. The Hall–Kier alpha value is -0.570. The molecule has 0 aromatic carbocycles. The molecule has 3 aliphatic rings. The molecule has 0 N–H and O–H groups in total. The van der Waals surface area contributed by atoms with Crippen molar-refractivity contribution in [3.8, 4) is 0 Å². The quantitative estimate of drug-likeness (QED) is 0.686. The van der Waals surface area contributed by atoms with Crippen LogP contribution in [0.15, 0.2) is 0 Å². The summed E-state index contributed by atoms with van der Waals surface area (Å²) in [5.41, 5.74) is 0.669. The number of rotatable bonds is 1. The normalized spacial score (nSPS) is 46.4. The van der Waals surface area contributed by atoms with Gasteiger partial charge in [-0.25, -0.2) is 0 Å². The lowest BCUT2D eigenvalue weighted by Crippen LogP contribution is -2.53. The zero-order valence-corrected chi connectivity index (χ0v) is 13.3. The molecule has 0 unspecified atom stereocenters. The van der Waals surface area contributed by atoms with Crippen LogP contribution in [0.5, 0.6) is 0 Å². The molecular weight excluding hydrogens is 252 g/mol. The fraction of sp³-hybridized carbons (Fsp3) is 0.941. The van der Waals surface area contributed by atoms with Crippen molar-refractivity contribution in [3.05, 3.63) is 0 Å². The van der Waals surface area contributed by atoms with Gasteiger partial charge < -0.3 is 9.47 Å². The van der Waals surface area contributed by atoms with Crippen LogP contribution < -0.4 is 0 Å². The number of esters is 1. The van der Waals surface area contributed by atoms with E-state index in [2.05, 4.69) is 20.8 Å². The highest BCUT2D eigenvalue weighted by atomic mass is 16.7. The summed E-state index contributed by atoms with van der Waals surface area (Å²) in [6.07, 6.45) is 6.09. The van der Waals surface area contributed by atoms with E-state index in [0.717, 1.165) is 12.5 Å². The Labute approximate surface area is 122 Å². The van der Waals surface area contributed by atoms with Crippen molar-refractivity contribution >= 4 is 5.97 Å². The molecule has 3 heteroatoms. The van der Waals surface area contributed by atoms with Crippen LogP contribution >= 0.6 is 0 Å². The van der Waals surface area contributed by atoms with Gasteiger partial charge in [0.2, 0.25) is 6.29 Å². The zero-order valence-electron chi connectivity index (χ0n) is 13.3. The van der Waals surface area contributed by atoms with Gasteiger partial charge in [0.15, 0.2) is 0 Å². The van der Waals surface area contributed by atoms with E-state index in [-0.39, 0.29) is 17.7 Å². The van der Waals surface area contributed by atoms with Crippen LogP contribution in [0.1, 0.15) is 59.8 Å². The molecule has 5 atom stereocenters. The highest BCUT2D eigenvalue weighted by Gasteiger charge is 2.59. The van der Waals surface area contributed by atoms with Crippen molar-refractivity contribution in [3.63, 3.8) is 0 Å². The summed E-state index contributed by atoms with van der Waals surface area (Å²) in [5.74, 6) is 1.49. The zero-order chi connectivity index (χ0) is 14.5. The molecular formula is C17H28O3. The number of ether oxygens (including phenoxy) is 2. The standard InChI is InChI=1S/C17H28O3/c1-11(18)20-15-14-12(10-19-15)6-7-13-16(2,3)8-5-9-17(13,14)4/h12-15H,5-10H2,1-4H3/t12-,13+,14-,15+,17+/m1/s1. The molecule has 3 fully saturated rings. The first-order valence-electron chi connectivity index (χ1n) is 8.13. The SMILES string of the molecule is CC(=O)O[C@@H]1OC[C@H]2CC[C@H]3C(C)(C)CCC[C@]3(C)[C@H]21. The van der Waals surface area contributed by atoms with Crippen molar-refractivity contribution in [1.29, 1.82) is 0 Å². The lowest BCUT2D eigenvalue weighted by Gasteiger charge is -2.58. The molecule has 1 aliphatic heterocycles. The summed E-state index contributed by atoms with van der Waals surface area (Å²) < 4.78 is 11.4.